The number of hydrogen-bond acceptors (Lipinski definition) is 7. The van der Waals surface area contributed by atoms with E-state index in [0.717, 1.165) is 48.0 Å². The zero-order chi connectivity index (χ0) is 24.1. The summed E-state index contributed by atoms with van der Waals surface area (Å²) in [6.45, 7) is 1.66. The van der Waals surface area contributed by atoms with E-state index in [1.807, 2.05) is 18.3 Å². The van der Waals surface area contributed by atoms with Gasteiger partial charge in [0.1, 0.15) is 5.82 Å². The van der Waals surface area contributed by atoms with Crippen molar-refractivity contribution >= 4 is 26.9 Å². The van der Waals surface area contributed by atoms with Crippen molar-refractivity contribution < 1.29 is 17.9 Å². The van der Waals surface area contributed by atoms with E-state index in [-0.39, 0.29) is 12.1 Å². The zero-order valence-electron chi connectivity index (χ0n) is 20.0. The van der Waals surface area contributed by atoms with Gasteiger partial charge in [-0.2, -0.15) is 4.98 Å². The van der Waals surface area contributed by atoms with Crippen LogP contribution >= 0.6 is 0 Å². The largest absolute Gasteiger partial charge is 0.382 e. The van der Waals surface area contributed by atoms with Gasteiger partial charge in [-0.05, 0) is 49.4 Å². The summed E-state index contributed by atoms with van der Waals surface area (Å²) in [5, 5.41) is 4.57. The Hall–Kier alpha value is -2.53. The first-order chi connectivity index (χ1) is 16.4. The van der Waals surface area contributed by atoms with Gasteiger partial charge in [-0.1, -0.05) is 12.1 Å². The standard InChI is InChI=1S/C24H33N5O4S/c1-28(34(3,30)31)20-9-7-19(8-10-20)26-24-25-13-11-23(27-24)29-14-12-21-18(5-4-6-22(21)29)17-33-16-15-32-2/h4-6,11-14,19-20H,7-10,15-17H2,1-3H3,(H,25,26,27). The molecule has 3 aromatic rings. The first-order valence-corrected chi connectivity index (χ1v) is 13.4. The van der Waals surface area contributed by atoms with E-state index in [4.69, 9.17) is 14.5 Å². The highest BCUT2D eigenvalue weighted by atomic mass is 32.2. The fourth-order valence-electron chi connectivity index (χ4n) is 4.47. The second-order valence-corrected chi connectivity index (χ2v) is 10.8. The lowest BCUT2D eigenvalue weighted by Crippen LogP contribution is -2.41. The Morgan fingerprint density at radius 3 is 2.68 bits per heavy atom. The van der Waals surface area contributed by atoms with Crippen molar-refractivity contribution in [3.8, 4) is 5.82 Å². The lowest BCUT2D eigenvalue weighted by atomic mass is 9.91. The average molecular weight is 488 g/mol. The fraction of sp³-hybridized carbons (Fsp3) is 0.500. The Morgan fingerprint density at radius 2 is 1.94 bits per heavy atom. The second-order valence-electron chi connectivity index (χ2n) is 8.75. The van der Waals surface area contributed by atoms with Crippen LogP contribution in [0.1, 0.15) is 31.2 Å². The van der Waals surface area contributed by atoms with Gasteiger partial charge in [0.15, 0.2) is 0 Å². The number of anilines is 1. The molecule has 1 aliphatic carbocycles. The number of methoxy groups -OCH3 is 1. The summed E-state index contributed by atoms with van der Waals surface area (Å²) in [6.07, 6.45) is 8.42. The molecule has 2 aromatic heterocycles. The first kappa shape index (κ1) is 24.6. The summed E-state index contributed by atoms with van der Waals surface area (Å²) >= 11 is 0. The van der Waals surface area contributed by atoms with Crippen molar-refractivity contribution in [1.29, 1.82) is 0 Å². The van der Waals surface area contributed by atoms with Crippen LogP contribution < -0.4 is 5.32 Å². The smallest absolute Gasteiger partial charge is 0.224 e. The molecule has 10 heteroatoms. The second kappa shape index (κ2) is 10.8. The van der Waals surface area contributed by atoms with Crippen LogP contribution in [0.3, 0.4) is 0 Å². The third kappa shape index (κ3) is 5.75. The molecule has 0 saturated heterocycles. The molecule has 1 fully saturated rings. The number of benzene rings is 1. The molecule has 0 amide bonds. The van der Waals surface area contributed by atoms with Crippen molar-refractivity contribution in [1.82, 2.24) is 18.8 Å². The van der Waals surface area contributed by atoms with Gasteiger partial charge in [-0.25, -0.2) is 17.7 Å². The normalized spacial score (nSPS) is 19.1. The van der Waals surface area contributed by atoms with Crippen molar-refractivity contribution in [3.05, 3.63) is 48.3 Å². The van der Waals surface area contributed by atoms with E-state index in [1.54, 1.807) is 20.4 Å². The number of aromatic nitrogens is 3. The van der Waals surface area contributed by atoms with Gasteiger partial charge in [0.25, 0.3) is 0 Å². The highest BCUT2D eigenvalue weighted by Crippen LogP contribution is 2.27. The molecule has 2 heterocycles. The summed E-state index contributed by atoms with van der Waals surface area (Å²) in [5.74, 6) is 1.37. The first-order valence-electron chi connectivity index (χ1n) is 11.6. The Morgan fingerprint density at radius 1 is 1.15 bits per heavy atom. The molecule has 0 bridgehead atoms. The van der Waals surface area contributed by atoms with Crippen LogP contribution in [0.15, 0.2) is 42.7 Å². The summed E-state index contributed by atoms with van der Waals surface area (Å²) < 4.78 is 38.0. The quantitative estimate of drug-likeness (QED) is 0.439. The third-order valence-corrected chi connectivity index (χ3v) is 7.81. The molecule has 0 unspecified atom stereocenters. The monoisotopic (exact) mass is 487 g/mol. The molecule has 4 rings (SSSR count). The Labute approximate surface area is 201 Å². The topological polar surface area (TPSA) is 98.6 Å². The lowest BCUT2D eigenvalue weighted by Gasteiger charge is -2.33. The van der Waals surface area contributed by atoms with Crippen molar-refractivity contribution in [2.24, 2.45) is 0 Å². The number of sulfonamides is 1. The highest BCUT2D eigenvalue weighted by Gasteiger charge is 2.28. The van der Waals surface area contributed by atoms with Crippen LogP contribution in [0.4, 0.5) is 5.95 Å². The van der Waals surface area contributed by atoms with Gasteiger partial charge in [0, 0.05) is 44.0 Å². The highest BCUT2D eigenvalue weighted by molar-refractivity contribution is 7.88. The van der Waals surface area contributed by atoms with Crippen molar-refractivity contribution in [2.45, 2.75) is 44.4 Å². The molecule has 184 valence electrons. The van der Waals surface area contributed by atoms with E-state index in [1.165, 1.54) is 10.6 Å². The maximum atomic E-state index is 11.8. The summed E-state index contributed by atoms with van der Waals surface area (Å²) in [4.78, 5) is 9.17. The molecule has 34 heavy (non-hydrogen) atoms. The number of ether oxygens (including phenoxy) is 2. The third-order valence-electron chi connectivity index (χ3n) is 6.47. The van der Waals surface area contributed by atoms with E-state index in [0.29, 0.717) is 25.8 Å². The van der Waals surface area contributed by atoms with Crippen molar-refractivity contribution in [3.63, 3.8) is 0 Å². The van der Waals surface area contributed by atoms with Crippen molar-refractivity contribution in [2.75, 3.05) is 38.9 Å². The van der Waals surface area contributed by atoms with Crippen LogP contribution in [-0.4, -0.2) is 73.0 Å². The SMILES string of the molecule is COCCOCc1cccc2c1ccn2-c1ccnc(NC2CCC(N(C)S(C)(=O)=O)CC2)n1. The molecule has 1 saturated carbocycles. The van der Waals surface area contributed by atoms with E-state index in [9.17, 15) is 8.42 Å². The van der Waals surface area contributed by atoms with Gasteiger partial charge >= 0.3 is 0 Å². The van der Waals surface area contributed by atoms with E-state index < -0.39 is 10.0 Å². The minimum atomic E-state index is -3.17. The summed E-state index contributed by atoms with van der Waals surface area (Å²) in [7, 11) is 0.163. The number of hydrogen-bond donors (Lipinski definition) is 1. The molecular formula is C24H33N5O4S. The number of nitrogens with one attached hydrogen (secondary N) is 1. The minimum Gasteiger partial charge on any atom is -0.382 e. The Balaban J connectivity index is 1.44. The van der Waals surface area contributed by atoms with Crippen LogP contribution in [0, 0.1) is 0 Å². The fourth-order valence-corrected chi connectivity index (χ4v) is 5.22. The summed E-state index contributed by atoms with van der Waals surface area (Å²) in [6, 6.07) is 10.4. The number of nitrogens with zero attached hydrogens (tertiary/aromatic N) is 4. The molecule has 0 aliphatic heterocycles. The Kier molecular flexibility index (Phi) is 7.82. The van der Waals surface area contributed by atoms with Gasteiger partial charge in [-0.15, -0.1) is 0 Å². The molecule has 1 N–H and O–H groups in total. The molecule has 1 aliphatic rings. The van der Waals surface area contributed by atoms with Crippen LogP contribution in [-0.2, 0) is 26.1 Å². The molecule has 0 spiro atoms. The van der Waals surface area contributed by atoms with E-state index in [2.05, 4.69) is 33.1 Å². The molecule has 9 nitrogen and oxygen atoms in total. The van der Waals surface area contributed by atoms with Gasteiger partial charge in [-0.3, -0.25) is 0 Å². The van der Waals surface area contributed by atoms with E-state index >= 15 is 0 Å². The molecule has 0 radical (unpaired) electrons. The zero-order valence-corrected chi connectivity index (χ0v) is 20.8. The van der Waals surface area contributed by atoms with Gasteiger partial charge in [0.2, 0.25) is 16.0 Å². The average Bonchev–Trinajstić information content (AvgIpc) is 3.26. The van der Waals surface area contributed by atoms with Gasteiger partial charge < -0.3 is 19.4 Å². The van der Waals surface area contributed by atoms with Crippen LogP contribution in [0.2, 0.25) is 0 Å². The number of rotatable bonds is 10. The number of fused-ring (bicyclic) bond motifs is 1. The predicted octanol–water partition coefficient (Wildman–Crippen LogP) is 3.20. The van der Waals surface area contributed by atoms with Crippen LogP contribution in [0.5, 0.6) is 0 Å². The molecular weight excluding hydrogens is 454 g/mol. The predicted molar refractivity (Wildman–Crippen MR) is 133 cm³/mol. The van der Waals surface area contributed by atoms with Gasteiger partial charge in [0.05, 0.1) is 31.6 Å². The summed E-state index contributed by atoms with van der Waals surface area (Å²) in [5.41, 5.74) is 2.18. The molecule has 0 atom stereocenters. The maximum absolute atomic E-state index is 11.8. The minimum absolute atomic E-state index is 0.0548. The lowest BCUT2D eigenvalue weighted by molar-refractivity contribution is 0.0621. The molecule has 1 aromatic carbocycles. The maximum Gasteiger partial charge on any atom is 0.224 e. The Bertz CT molecular complexity index is 1210. The van der Waals surface area contributed by atoms with Crippen LogP contribution in [0.25, 0.3) is 16.7 Å².